The van der Waals surface area contributed by atoms with Gasteiger partial charge in [-0.25, -0.2) is 0 Å². The molecule has 0 bridgehead atoms. The average Bonchev–Trinajstić information content (AvgIpc) is 2.66. The number of hydrogen-bond donors (Lipinski definition) is 1. The first-order chi connectivity index (χ1) is 8.12. The molecule has 0 atom stereocenters. The van der Waals surface area contributed by atoms with Gasteiger partial charge in [-0.15, -0.1) is 10.2 Å². The van der Waals surface area contributed by atoms with E-state index in [1.54, 1.807) is 7.11 Å². The molecule has 0 aromatic carbocycles. The fourth-order valence-corrected chi connectivity index (χ4v) is 2.53. The Kier molecular flexibility index (Phi) is 3.49. The van der Waals surface area contributed by atoms with Gasteiger partial charge in [0, 0.05) is 19.6 Å². The summed E-state index contributed by atoms with van der Waals surface area (Å²) >= 11 is 0. The Hall–Kier alpha value is -0.940. The topological polar surface area (TPSA) is 66.0 Å². The summed E-state index contributed by atoms with van der Waals surface area (Å²) in [6, 6.07) is 0.340. The second kappa shape index (κ2) is 4.74. The van der Waals surface area contributed by atoms with Crippen molar-refractivity contribution in [2.75, 3.05) is 7.11 Å². The molecule has 17 heavy (non-hydrogen) atoms. The molecule has 1 aliphatic rings. The van der Waals surface area contributed by atoms with Crippen molar-refractivity contribution in [3.05, 3.63) is 11.6 Å². The number of aromatic nitrogens is 3. The first kappa shape index (κ1) is 12.5. The van der Waals surface area contributed by atoms with Crippen LogP contribution in [-0.2, 0) is 17.7 Å². The van der Waals surface area contributed by atoms with E-state index in [1.807, 2.05) is 0 Å². The summed E-state index contributed by atoms with van der Waals surface area (Å²) < 4.78 is 7.78. The van der Waals surface area contributed by atoms with Crippen molar-refractivity contribution in [2.24, 2.45) is 5.73 Å². The SMILES string of the molecule is COC1(Cc2nnc(CN)n2C(C)C)CCC1. The van der Waals surface area contributed by atoms with Gasteiger partial charge >= 0.3 is 0 Å². The van der Waals surface area contributed by atoms with Crippen LogP contribution in [0.5, 0.6) is 0 Å². The monoisotopic (exact) mass is 238 g/mol. The second-order valence-corrected chi connectivity index (χ2v) is 5.12. The molecule has 5 nitrogen and oxygen atoms in total. The van der Waals surface area contributed by atoms with E-state index in [4.69, 9.17) is 10.5 Å². The largest absolute Gasteiger partial charge is 0.378 e. The van der Waals surface area contributed by atoms with E-state index >= 15 is 0 Å². The molecule has 96 valence electrons. The van der Waals surface area contributed by atoms with Crippen LogP contribution in [0, 0.1) is 0 Å². The fraction of sp³-hybridized carbons (Fsp3) is 0.833. The van der Waals surface area contributed by atoms with E-state index in [0.29, 0.717) is 12.6 Å². The predicted octanol–water partition coefficient (Wildman–Crippen LogP) is 1.43. The minimum absolute atomic E-state index is 0.00839. The highest BCUT2D eigenvalue weighted by Crippen LogP contribution is 2.37. The maximum absolute atomic E-state index is 5.69. The van der Waals surface area contributed by atoms with Crippen molar-refractivity contribution < 1.29 is 4.74 Å². The Morgan fingerprint density at radius 3 is 2.41 bits per heavy atom. The van der Waals surface area contributed by atoms with E-state index < -0.39 is 0 Å². The molecule has 0 spiro atoms. The first-order valence-electron chi connectivity index (χ1n) is 6.30. The highest BCUT2D eigenvalue weighted by Gasteiger charge is 2.38. The van der Waals surface area contributed by atoms with Gasteiger partial charge in [-0.1, -0.05) is 0 Å². The molecule has 1 aliphatic carbocycles. The van der Waals surface area contributed by atoms with Crippen molar-refractivity contribution in [2.45, 2.75) is 57.7 Å². The molecule has 2 N–H and O–H groups in total. The maximum atomic E-state index is 5.69. The third kappa shape index (κ3) is 2.21. The van der Waals surface area contributed by atoms with Crippen molar-refractivity contribution >= 4 is 0 Å². The van der Waals surface area contributed by atoms with E-state index in [1.165, 1.54) is 6.42 Å². The van der Waals surface area contributed by atoms with Crippen LogP contribution in [0.3, 0.4) is 0 Å². The van der Waals surface area contributed by atoms with Crippen LogP contribution in [0.15, 0.2) is 0 Å². The number of nitrogens with zero attached hydrogens (tertiary/aromatic N) is 3. The third-order valence-corrected chi connectivity index (χ3v) is 3.71. The van der Waals surface area contributed by atoms with Gasteiger partial charge in [0.2, 0.25) is 0 Å². The van der Waals surface area contributed by atoms with Crippen LogP contribution in [0.2, 0.25) is 0 Å². The lowest BCUT2D eigenvalue weighted by atomic mass is 9.77. The molecular weight excluding hydrogens is 216 g/mol. The van der Waals surface area contributed by atoms with Gasteiger partial charge in [0.05, 0.1) is 12.1 Å². The molecule has 0 aliphatic heterocycles. The van der Waals surface area contributed by atoms with E-state index in [9.17, 15) is 0 Å². The summed E-state index contributed by atoms with van der Waals surface area (Å²) in [5, 5.41) is 8.44. The van der Waals surface area contributed by atoms with Gasteiger partial charge in [0.25, 0.3) is 0 Å². The smallest absolute Gasteiger partial charge is 0.147 e. The lowest BCUT2D eigenvalue weighted by Gasteiger charge is -2.40. The van der Waals surface area contributed by atoms with Gasteiger partial charge < -0.3 is 15.0 Å². The Balaban J connectivity index is 2.23. The minimum Gasteiger partial charge on any atom is -0.378 e. The predicted molar refractivity (Wildman–Crippen MR) is 65.6 cm³/mol. The molecule has 1 aromatic rings. The van der Waals surface area contributed by atoms with Gasteiger partial charge in [-0.2, -0.15) is 0 Å². The Bertz CT molecular complexity index is 376. The molecular formula is C12H22N4O. The van der Waals surface area contributed by atoms with Crippen molar-refractivity contribution in [1.29, 1.82) is 0 Å². The van der Waals surface area contributed by atoms with Gasteiger partial charge in [0.15, 0.2) is 0 Å². The van der Waals surface area contributed by atoms with Gasteiger partial charge in [0.1, 0.15) is 11.6 Å². The van der Waals surface area contributed by atoms with Crippen molar-refractivity contribution in [3.8, 4) is 0 Å². The number of nitrogens with two attached hydrogens (primary N) is 1. The van der Waals surface area contributed by atoms with Crippen LogP contribution in [0.1, 0.15) is 50.8 Å². The minimum atomic E-state index is -0.00839. The zero-order chi connectivity index (χ0) is 12.5. The van der Waals surface area contributed by atoms with Crippen molar-refractivity contribution in [1.82, 2.24) is 14.8 Å². The summed E-state index contributed by atoms with van der Waals surface area (Å²) in [6.45, 7) is 4.70. The zero-order valence-corrected chi connectivity index (χ0v) is 10.9. The molecule has 1 saturated carbocycles. The number of methoxy groups -OCH3 is 1. The second-order valence-electron chi connectivity index (χ2n) is 5.12. The van der Waals surface area contributed by atoms with E-state index in [0.717, 1.165) is 30.9 Å². The average molecular weight is 238 g/mol. The number of ether oxygens (including phenoxy) is 1. The van der Waals surface area contributed by atoms with Crippen LogP contribution < -0.4 is 5.73 Å². The molecule has 1 fully saturated rings. The molecule has 0 saturated heterocycles. The van der Waals surface area contributed by atoms with Crippen LogP contribution in [0.4, 0.5) is 0 Å². The summed E-state index contributed by atoms with van der Waals surface area (Å²) in [6.07, 6.45) is 4.32. The normalized spacial score (nSPS) is 18.4. The maximum Gasteiger partial charge on any atom is 0.147 e. The van der Waals surface area contributed by atoms with E-state index in [-0.39, 0.29) is 5.60 Å². The van der Waals surface area contributed by atoms with Crippen LogP contribution in [0.25, 0.3) is 0 Å². The lowest BCUT2D eigenvalue weighted by molar-refractivity contribution is -0.0727. The molecule has 0 amide bonds. The summed E-state index contributed by atoms with van der Waals surface area (Å²) in [5.74, 6) is 1.86. The standard InChI is InChI=1S/C12H22N4O/c1-9(2)16-10(14-15-11(16)8-13)7-12(17-3)5-4-6-12/h9H,4-8,13H2,1-3H3. The van der Waals surface area contributed by atoms with Gasteiger partial charge in [-0.3, -0.25) is 0 Å². The molecule has 0 radical (unpaired) electrons. The summed E-state index contributed by atoms with van der Waals surface area (Å²) in [7, 11) is 1.79. The molecule has 1 aromatic heterocycles. The number of hydrogen-bond acceptors (Lipinski definition) is 4. The number of rotatable bonds is 5. The molecule has 5 heteroatoms. The highest BCUT2D eigenvalue weighted by atomic mass is 16.5. The zero-order valence-electron chi connectivity index (χ0n) is 10.9. The fourth-order valence-electron chi connectivity index (χ4n) is 2.53. The molecule has 1 heterocycles. The van der Waals surface area contributed by atoms with Gasteiger partial charge in [-0.05, 0) is 33.1 Å². The summed E-state index contributed by atoms with van der Waals surface area (Å²) in [5.41, 5.74) is 5.68. The highest BCUT2D eigenvalue weighted by molar-refractivity contribution is 5.05. The quantitative estimate of drug-likeness (QED) is 0.842. The molecule has 0 unspecified atom stereocenters. The Morgan fingerprint density at radius 2 is 2.00 bits per heavy atom. The van der Waals surface area contributed by atoms with Crippen LogP contribution in [-0.4, -0.2) is 27.5 Å². The first-order valence-corrected chi connectivity index (χ1v) is 6.30. The molecule has 2 rings (SSSR count). The van der Waals surface area contributed by atoms with Crippen LogP contribution >= 0.6 is 0 Å². The van der Waals surface area contributed by atoms with Crippen molar-refractivity contribution in [3.63, 3.8) is 0 Å². The Labute approximate surface area is 102 Å². The third-order valence-electron chi connectivity index (χ3n) is 3.71. The lowest BCUT2D eigenvalue weighted by Crippen LogP contribution is -2.42. The summed E-state index contributed by atoms with van der Waals surface area (Å²) in [4.78, 5) is 0. The van der Waals surface area contributed by atoms with E-state index in [2.05, 4.69) is 28.6 Å². The Morgan fingerprint density at radius 1 is 1.35 bits per heavy atom.